The Balaban J connectivity index is 1.31. The second-order valence-corrected chi connectivity index (χ2v) is 11.4. The smallest absolute Gasteiger partial charge is 0.248 e. The van der Waals surface area contributed by atoms with Crippen LogP contribution in [0.2, 0.25) is 0 Å². The van der Waals surface area contributed by atoms with Crippen LogP contribution >= 0.6 is 15.9 Å². The van der Waals surface area contributed by atoms with Gasteiger partial charge in [-0.15, -0.1) is 0 Å². The van der Waals surface area contributed by atoms with E-state index in [1.807, 2.05) is 66.7 Å². The number of hydrogen-bond donors (Lipinski definition) is 1. The van der Waals surface area contributed by atoms with Gasteiger partial charge in [0.1, 0.15) is 6.04 Å². The number of carbonyl (C=O) groups is 3. The van der Waals surface area contributed by atoms with E-state index in [4.69, 9.17) is 0 Å². The monoisotopic (exact) mass is 576 g/mol. The summed E-state index contributed by atoms with van der Waals surface area (Å²) in [5, 5.41) is 2.96. The molecule has 5 nitrogen and oxygen atoms in total. The maximum absolute atomic E-state index is 14.3. The van der Waals surface area contributed by atoms with Crippen molar-refractivity contribution < 1.29 is 14.4 Å². The van der Waals surface area contributed by atoms with E-state index < -0.39 is 17.9 Å². The molecule has 1 N–H and O–H groups in total. The first-order valence-electron chi connectivity index (χ1n) is 13.2. The Labute approximate surface area is 235 Å². The van der Waals surface area contributed by atoms with Gasteiger partial charge in [-0.3, -0.25) is 19.3 Å². The molecule has 0 spiro atoms. The molecule has 2 bridgehead atoms. The van der Waals surface area contributed by atoms with Gasteiger partial charge in [0.2, 0.25) is 17.7 Å². The molecule has 3 atom stereocenters. The third-order valence-corrected chi connectivity index (χ3v) is 9.01. The van der Waals surface area contributed by atoms with E-state index in [2.05, 4.69) is 45.5 Å². The lowest BCUT2D eigenvalue weighted by Crippen LogP contribution is -2.49. The fourth-order valence-corrected chi connectivity index (χ4v) is 7.17. The quantitative estimate of drug-likeness (QED) is 0.301. The average molecular weight is 577 g/mol. The number of halogens is 1. The molecule has 3 aliphatic carbocycles. The van der Waals surface area contributed by atoms with Gasteiger partial charge in [-0.25, -0.2) is 0 Å². The molecule has 0 saturated carbocycles. The fourth-order valence-electron chi connectivity index (χ4n) is 6.90. The van der Waals surface area contributed by atoms with E-state index in [0.29, 0.717) is 5.69 Å². The summed E-state index contributed by atoms with van der Waals surface area (Å²) in [7, 11) is 0. The average Bonchev–Trinajstić information content (AvgIpc) is 3.23. The second-order valence-electron chi connectivity index (χ2n) is 10.5. The lowest BCUT2D eigenvalue weighted by Gasteiger charge is -2.45. The maximum atomic E-state index is 14.3. The Hall–Kier alpha value is -4.03. The third kappa shape index (κ3) is 3.77. The molecule has 1 heterocycles. The first kappa shape index (κ1) is 24.0. The van der Waals surface area contributed by atoms with Crippen LogP contribution in [0.25, 0.3) is 0 Å². The molecule has 1 fully saturated rings. The molecule has 0 radical (unpaired) electrons. The Morgan fingerprint density at radius 3 is 1.64 bits per heavy atom. The number of carbonyl (C=O) groups excluding carboxylic acids is 3. The summed E-state index contributed by atoms with van der Waals surface area (Å²) >= 11 is 3.42. The zero-order chi connectivity index (χ0) is 26.7. The molecule has 0 aromatic heterocycles. The van der Waals surface area contributed by atoms with Gasteiger partial charge in [-0.1, -0.05) is 94.8 Å². The minimum absolute atomic E-state index is 0.208. The molecule has 1 aliphatic heterocycles. The zero-order valence-corrected chi connectivity index (χ0v) is 22.5. The summed E-state index contributed by atoms with van der Waals surface area (Å²) in [4.78, 5) is 43.7. The summed E-state index contributed by atoms with van der Waals surface area (Å²) in [6, 6.07) is 32.2. The number of anilines is 1. The Kier molecular flexibility index (Phi) is 5.74. The van der Waals surface area contributed by atoms with Gasteiger partial charge in [-0.05, 0) is 52.1 Å². The molecular weight excluding hydrogens is 552 g/mol. The van der Waals surface area contributed by atoms with Crippen LogP contribution in [0.3, 0.4) is 0 Å². The molecule has 0 unspecified atom stereocenters. The fraction of sp³-hybridized carbons (Fsp3) is 0.182. The summed E-state index contributed by atoms with van der Waals surface area (Å²) in [5.74, 6) is -2.34. The Bertz CT molecular complexity index is 1500. The highest BCUT2D eigenvalue weighted by Gasteiger charge is 2.63. The number of imide groups is 1. The molecule has 192 valence electrons. The zero-order valence-electron chi connectivity index (χ0n) is 21.0. The van der Waals surface area contributed by atoms with Crippen molar-refractivity contribution in [2.75, 3.05) is 5.32 Å². The van der Waals surface area contributed by atoms with Crippen molar-refractivity contribution in [2.24, 2.45) is 11.8 Å². The molecule has 4 aromatic rings. The summed E-state index contributed by atoms with van der Waals surface area (Å²) in [6.07, 6.45) is 0.245. The van der Waals surface area contributed by atoms with Gasteiger partial charge in [0.25, 0.3) is 0 Å². The van der Waals surface area contributed by atoms with Crippen LogP contribution in [0.4, 0.5) is 5.69 Å². The third-order valence-electron chi connectivity index (χ3n) is 8.48. The number of amides is 3. The normalized spacial score (nSPS) is 23.2. The second kappa shape index (κ2) is 9.31. The van der Waals surface area contributed by atoms with Crippen molar-refractivity contribution >= 4 is 39.3 Å². The van der Waals surface area contributed by atoms with E-state index >= 15 is 0 Å². The predicted octanol–water partition coefficient (Wildman–Crippen LogP) is 5.89. The first-order chi connectivity index (χ1) is 19.0. The van der Waals surface area contributed by atoms with Crippen LogP contribution in [0.15, 0.2) is 108 Å². The minimum atomic E-state index is -0.965. The number of nitrogens with one attached hydrogen (secondary N) is 1. The Morgan fingerprint density at radius 2 is 1.15 bits per heavy atom. The van der Waals surface area contributed by atoms with Crippen molar-refractivity contribution in [2.45, 2.75) is 24.3 Å². The van der Waals surface area contributed by atoms with Crippen LogP contribution < -0.4 is 5.32 Å². The number of rotatable bonds is 5. The molecule has 3 amide bonds. The van der Waals surface area contributed by atoms with Crippen molar-refractivity contribution in [1.82, 2.24) is 4.90 Å². The van der Waals surface area contributed by atoms with Gasteiger partial charge >= 0.3 is 0 Å². The lowest BCUT2D eigenvalue weighted by molar-refractivity contribution is -0.146. The van der Waals surface area contributed by atoms with E-state index in [-0.39, 0.29) is 36.0 Å². The molecular formula is C33H25BrN2O3. The molecule has 39 heavy (non-hydrogen) atoms. The van der Waals surface area contributed by atoms with Crippen LogP contribution in [0.1, 0.15) is 39.7 Å². The van der Waals surface area contributed by atoms with Gasteiger partial charge in [-0.2, -0.15) is 0 Å². The number of benzene rings is 4. The van der Waals surface area contributed by atoms with Gasteiger partial charge in [0, 0.05) is 28.4 Å². The predicted molar refractivity (Wildman–Crippen MR) is 152 cm³/mol. The highest BCUT2D eigenvalue weighted by molar-refractivity contribution is 9.10. The van der Waals surface area contributed by atoms with E-state index in [1.54, 1.807) is 12.1 Å². The van der Waals surface area contributed by atoms with Gasteiger partial charge < -0.3 is 5.32 Å². The lowest BCUT2D eigenvalue weighted by atomic mass is 9.55. The highest BCUT2D eigenvalue weighted by Crippen LogP contribution is 2.61. The van der Waals surface area contributed by atoms with Crippen LogP contribution in [0.5, 0.6) is 0 Å². The maximum Gasteiger partial charge on any atom is 0.248 e. The minimum Gasteiger partial charge on any atom is -0.324 e. The van der Waals surface area contributed by atoms with Crippen molar-refractivity contribution in [1.29, 1.82) is 0 Å². The van der Waals surface area contributed by atoms with Crippen LogP contribution in [-0.4, -0.2) is 28.7 Å². The number of hydrogen-bond acceptors (Lipinski definition) is 3. The van der Waals surface area contributed by atoms with E-state index in [9.17, 15) is 14.4 Å². The van der Waals surface area contributed by atoms with Crippen molar-refractivity contribution in [3.05, 3.63) is 135 Å². The first-order valence-corrected chi connectivity index (χ1v) is 14.0. The topological polar surface area (TPSA) is 66.5 Å². The van der Waals surface area contributed by atoms with E-state index in [1.165, 1.54) is 4.90 Å². The molecule has 6 heteroatoms. The molecule has 1 saturated heterocycles. The highest BCUT2D eigenvalue weighted by atomic mass is 79.9. The standard InChI is InChI=1S/C33H25BrN2O3/c34-20-14-16-21(17-15-20)35-31(37)26(18-19-8-2-1-3-9-19)36-32(38)29-27-22-10-4-5-11-23(22)28(30(29)33(36)39)25-13-7-6-12-24(25)27/h1-17,26-30H,18H2,(H,35,37)/t26-,27?,28?,29+,30+/m0/s1. The summed E-state index contributed by atoms with van der Waals surface area (Å²) in [6.45, 7) is 0. The Morgan fingerprint density at radius 1 is 0.692 bits per heavy atom. The number of likely N-dealkylation sites (tertiary alicyclic amines) is 1. The number of nitrogens with zero attached hydrogens (tertiary/aromatic N) is 1. The molecule has 8 rings (SSSR count). The van der Waals surface area contributed by atoms with E-state index in [0.717, 1.165) is 32.3 Å². The van der Waals surface area contributed by atoms with Crippen molar-refractivity contribution in [3.63, 3.8) is 0 Å². The van der Waals surface area contributed by atoms with Crippen LogP contribution in [0, 0.1) is 11.8 Å². The summed E-state index contributed by atoms with van der Waals surface area (Å²) in [5.41, 5.74) is 5.96. The van der Waals surface area contributed by atoms with Gasteiger partial charge in [0.05, 0.1) is 11.8 Å². The van der Waals surface area contributed by atoms with Crippen LogP contribution in [-0.2, 0) is 20.8 Å². The molecule has 4 aromatic carbocycles. The largest absolute Gasteiger partial charge is 0.324 e. The van der Waals surface area contributed by atoms with Crippen molar-refractivity contribution in [3.8, 4) is 0 Å². The summed E-state index contributed by atoms with van der Waals surface area (Å²) < 4.78 is 0.893. The molecule has 4 aliphatic rings. The SMILES string of the molecule is O=C(Nc1ccc(Br)cc1)[C@H](Cc1ccccc1)N1C(=O)[C@@H]2C3c4ccccc4C(c4ccccc43)[C@H]2C1=O. The van der Waals surface area contributed by atoms with Gasteiger partial charge in [0.15, 0.2) is 0 Å².